The molecule has 0 spiro atoms. The minimum absolute atomic E-state index is 0.163. The molecule has 3 rings (SSSR count). The van der Waals surface area contributed by atoms with Gasteiger partial charge in [-0.25, -0.2) is 9.37 Å². The molecule has 2 aromatic rings. The van der Waals surface area contributed by atoms with Gasteiger partial charge in [-0.05, 0) is 37.1 Å². The summed E-state index contributed by atoms with van der Waals surface area (Å²) in [5.41, 5.74) is 7.67. The molecule has 88 valence electrons. The van der Waals surface area contributed by atoms with E-state index in [9.17, 15) is 4.39 Å². The van der Waals surface area contributed by atoms with E-state index in [0.29, 0.717) is 5.89 Å². The second kappa shape index (κ2) is 3.96. The molecule has 1 aliphatic rings. The average molecular weight is 232 g/mol. The van der Waals surface area contributed by atoms with Crippen molar-refractivity contribution < 1.29 is 8.81 Å². The molecule has 1 aromatic carbocycles. The van der Waals surface area contributed by atoms with E-state index in [-0.39, 0.29) is 11.9 Å². The number of rotatable bonds is 1. The average Bonchev–Trinajstić information content (AvgIpc) is 2.72. The van der Waals surface area contributed by atoms with E-state index in [1.165, 1.54) is 12.1 Å². The Morgan fingerprint density at radius 1 is 1.29 bits per heavy atom. The highest BCUT2D eigenvalue weighted by molar-refractivity contribution is 5.53. The summed E-state index contributed by atoms with van der Waals surface area (Å²) in [6, 6.07) is 6.32. The van der Waals surface area contributed by atoms with Gasteiger partial charge in [0.25, 0.3) is 0 Å². The summed E-state index contributed by atoms with van der Waals surface area (Å²) in [6.07, 6.45) is 2.55. The van der Waals surface area contributed by atoms with E-state index in [0.717, 1.165) is 36.3 Å². The first-order valence-corrected chi connectivity index (χ1v) is 5.72. The third-order valence-corrected chi connectivity index (χ3v) is 3.07. The van der Waals surface area contributed by atoms with Crippen molar-refractivity contribution in [1.29, 1.82) is 0 Å². The van der Waals surface area contributed by atoms with E-state index in [4.69, 9.17) is 10.2 Å². The largest absolute Gasteiger partial charge is 0.441 e. The molecule has 0 fully saturated rings. The van der Waals surface area contributed by atoms with Crippen LogP contribution >= 0.6 is 0 Å². The van der Waals surface area contributed by atoms with Crippen LogP contribution in [0, 0.1) is 5.82 Å². The molecule has 3 nitrogen and oxygen atoms in total. The van der Waals surface area contributed by atoms with Crippen LogP contribution in [-0.4, -0.2) is 11.0 Å². The first-order chi connectivity index (χ1) is 8.22. The van der Waals surface area contributed by atoms with Crippen molar-refractivity contribution >= 4 is 0 Å². The zero-order valence-electron chi connectivity index (χ0n) is 9.32. The number of halogens is 1. The highest BCUT2D eigenvalue weighted by Gasteiger charge is 2.22. The van der Waals surface area contributed by atoms with Crippen LogP contribution in [0.2, 0.25) is 0 Å². The molecule has 2 N–H and O–H groups in total. The molecule has 0 saturated heterocycles. The van der Waals surface area contributed by atoms with Crippen LogP contribution in [0.1, 0.15) is 17.9 Å². The summed E-state index contributed by atoms with van der Waals surface area (Å²) in [5.74, 6) is 1.18. The molecule has 0 aliphatic heterocycles. The molecular formula is C13H13FN2O. The number of hydrogen-bond donors (Lipinski definition) is 1. The van der Waals surface area contributed by atoms with E-state index in [1.807, 2.05) is 0 Å². The molecule has 1 heterocycles. The van der Waals surface area contributed by atoms with Crippen molar-refractivity contribution in [3.05, 3.63) is 41.5 Å². The van der Waals surface area contributed by atoms with Crippen LogP contribution in [0.3, 0.4) is 0 Å². The summed E-state index contributed by atoms with van der Waals surface area (Å²) in [6.45, 7) is 0. The van der Waals surface area contributed by atoms with Gasteiger partial charge in [0.15, 0.2) is 0 Å². The minimum atomic E-state index is -0.257. The van der Waals surface area contributed by atoms with Crippen LogP contribution in [0.15, 0.2) is 28.7 Å². The lowest BCUT2D eigenvalue weighted by molar-refractivity contribution is 0.456. The Morgan fingerprint density at radius 3 is 2.82 bits per heavy atom. The first kappa shape index (κ1) is 10.5. The smallest absolute Gasteiger partial charge is 0.226 e. The molecule has 4 heteroatoms. The Kier molecular flexibility index (Phi) is 2.44. The van der Waals surface area contributed by atoms with Gasteiger partial charge in [-0.15, -0.1) is 0 Å². The summed E-state index contributed by atoms with van der Waals surface area (Å²) >= 11 is 0. The quantitative estimate of drug-likeness (QED) is 0.820. The summed E-state index contributed by atoms with van der Waals surface area (Å²) in [4.78, 5) is 4.44. The van der Waals surface area contributed by atoms with Gasteiger partial charge in [0.2, 0.25) is 5.89 Å². The zero-order chi connectivity index (χ0) is 11.8. The summed E-state index contributed by atoms with van der Waals surface area (Å²) in [5, 5.41) is 0. The van der Waals surface area contributed by atoms with Gasteiger partial charge in [-0.3, -0.25) is 0 Å². The van der Waals surface area contributed by atoms with Crippen molar-refractivity contribution in [2.45, 2.75) is 25.3 Å². The van der Waals surface area contributed by atoms with Gasteiger partial charge >= 0.3 is 0 Å². The lowest BCUT2D eigenvalue weighted by Crippen LogP contribution is -2.27. The van der Waals surface area contributed by atoms with Gasteiger partial charge in [-0.1, -0.05) is 0 Å². The second-order valence-electron chi connectivity index (χ2n) is 4.40. The maximum atomic E-state index is 12.8. The van der Waals surface area contributed by atoms with Gasteiger partial charge in [-0.2, -0.15) is 0 Å². The lowest BCUT2D eigenvalue weighted by atomic mass is 9.98. The fraction of sp³-hybridized carbons (Fsp3) is 0.308. The van der Waals surface area contributed by atoms with Crippen molar-refractivity contribution in [3.63, 3.8) is 0 Å². The number of nitrogens with zero attached hydrogens (tertiary/aromatic N) is 1. The van der Waals surface area contributed by atoms with Crippen molar-refractivity contribution in [1.82, 2.24) is 4.98 Å². The van der Waals surface area contributed by atoms with Crippen molar-refractivity contribution in [3.8, 4) is 11.5 Å². The molecular weight excluding hydrogens is 219 g/mol. The number of hydrogen-bond acceptors (Lipinski definition) is 3. The number of nitrogens with two attached hydrogens (primary N) is 1. The maximum Gasteiger partial charge on any atom is 0.226 e. The summed E-state index contributed by atoms with van der Waals surface area (Å²) in [7, 11) is 0. The SMILES string of the molecule is NC1CCc2nc(-c3ccc(F)cc3)oc2C1. The van der Waals surface area contributed by atoms with Gasteiger partial charge < -0.3 is 10.2 Å². The highest BCUT2D eigenvalue weighted by atomic mass is 19.1. The Morgan fingerprint density at radius 2 is 2.06 bits per heavy atom. The second-order valence-corrected chi connectivity index (χ2v) is 4.40. The van der Waals surface area contributed by atoms with E-state index in [2.05, 4.69) is 4.98 Å². The number of aryl methyl sites for hydroxylation is 1. The molecule has 0 amide bonds. The first-order valence-electron chi connectivity index (χ1n) is 5.72. The van der Waals surface area contributed by atoms with Crippen molar-refractivity contribution in [2.24, 2.45) is 5.73 Å². The normalized spacial score (nSPS) is 19.1. The Labute approximate surface area is 98.5 Å². The molecule has 1 atom stereocenters. The number of aromatic nitrogens is 1. The van der Waals surface area contributed by atoms with Crippen LogP contribution in [0.4, 0.5) is 4.39 Å². The zero-order valence-corrected chi connectivity index (χ0v) is 9.32. The van der Waals surface area contributed by atoms with Crippen LogP contribution in [-0.2, 0) is 12.8 Å². The number of fused-ring (bicyclic) bond motifs is 1. The summed E-state index contributed by atoms with van der Waals surface area (Å²) < 4.78 is 18.5. The van der Waals surface area contributed by atoms with Gasteiger partial charge in [0.05, 0.1) is 5.69 Å². The molecule has 17 heavy (non-hydrogen) atoms. The minimum Gasteiger partial charge on any atom is -0.441 e. The van der Waals surface area contributed by atoms with Crippen molar-refractivity contribution in [2.75, 3.05) is 0 Å². The number of oxazole rings is 1. The fourth-order valence-corrected chi connectivity index (χ4v) is 2.12. The fourth-order valence-electron chi connectivity index (χ4n) is 2.12. The Balaban J connectivity index is 1.97. The maximum absolute atomic E-state index is 12.8. The molecule has 1 unspecified atom stereocenters. The Hall–Kier alpha value is -1.68. The molecule has 0 bridgehead atoms. The topological polar surface area (TPSA) is 52.0 Å². The van der Waals surface area contributed by atoms with Gasteiger partial charge in [0, 0.05) is 18.0 Å². The third kappa shape index (κ3) is 1.96. The van der Waals surface area contributed by atoms with Gasteiger partial charge in [0.1, 0.15) is 11.6 Å². The lowest BCUT2D eigenvalue weighted by Gasteiger charge is -2.14. The predicted molar refractivity (Wildman–Crippen MR) is 61.9 cm³/mol. The third-order valence-electron chi connectivity index (χ3n) is 3.07. The number of benzene rings is 1. The molecule has 1 aliphatic carbocycles. The van der Waals surface area contributed by atoms with E-state index >= 15 is 0 Å². The highest BCUT2D eigenvalue weighted by Crippen LogP contribution is 2.27. The molecule has 1 aromatic heterocycles. The molecule has 0 saturated carbocycles. The van der Waals surface area contributed by atoms with Crippen LogP contribution in [0.5, 0.6) is 0 Å². The molecule has 0 radical (unpaired) electrons. The Bertz CT molecular complexity index is 533. The van der Waals surface area contributed by atoms with Crippen LogP contribution in [0.25, 0.3) is 11.5 Å². The van der Waals surface area contributed by atoms with E-state index < -0.39 is 0 Å². The standard InChI is InChI=1S/C13H13FN2O/c14-9-3-1-8(2-4-9)13-16-11-6-5-10(15)7-12(11)17-13/h1-4,10H,5-7,15H2. The van der Waals surface area contributed by atoms with Crippen LogP contribution < -0.4 is 5.73 Å². The monoisotopic (exact) mass is 232 g/mol. The van der Waals surface area contributed by atoms with E-state index in [1.54, 1.807) is 12.1 Å². The predicted octanol–water partition coefficient (Wildman–Crippen LogP) is 2.30.